The number of carbonyl (C=O) groups excluding carboxylic acids is 2. The number of anilines is 1. The molecule has 0 bridgehead atoms. The van der Waals surface area contributed by atoms with E-state index in [1.165, 1.54) is 7.11 Å². The molecule has 2 aliphatic rings. The van der Waals surface area contributed by atoms with Crippen LogP contribution in [0.1, 0.15) is 41.4 Å². The number of aryl methyl sites for hydroxylation is 1. The van der Waals surface area contributed by atoms with Gasteiger partial charge in [-0.15, -0.1) is 0 Å². The highest BCUT2D eigenvalue weighted by molar-refractivity contribution is 5.95. The van der Waals surface area contributed by atoms with E-state index in [0.29, 0.717) is 32.5 Å². The summed E-state index contributed by atoms with van der Waals surface area (Å²) in [5.74, 6) is 1.62. The second kappa shape index (κ2) is 8.29. The Bertz CT molecular complexity index is 916. The van der Waals surface area contributed by atoms with Crippen LogP contribution in [0.15, 0.2) is 30.3 Å². The lowest BCUT2D eigenvalue weighted by molar-refractivity contribution is -0.134. The van der Waals surface area contributed by atoms with Crippen molar-refractivity contribution in [3.63, 3.8) is 0 Å². The Hall–Kier alpha value is -2.80. The Balaban J connectivity index is 1.62. The van der Waals surface area contributed by atoms with Crippen molar-refractivity contribution < 1.29 is 14.3 Å². The number of ether oxygens (including phenoxy) is 1. The van der Waals surface area contributed by atoms with Crippen molar-refractivity contribution in [1.29, 1.82) is 0 Å². The van der Waals surface area contributed by atoms with E-state index in [9.17, 15) is 9.59 Å². The molecule has 1 aromatic carbocycles. The van der Waals surface area contributed by atoms with Crippen molar-refractivity contribution in [1.82, 2.24) is 14.9 Å². The van der Waals surface area contributed by atoms with Crippen LogP contribution in [0, 0.1) is 6.92 Å². The summed E-state index contributed by atoms with van der Waals surface area (Å²) in [4.78, 5) is 38.0. The highest BCUT2D eigenvalue weighted by Crippen LogP contribution is 2.33. The Labute approximate surface area is 170 Å². The van der Waals surface area contributed by atoms with Crippen molar-refractivity contribution in [3.05, 3.63) is 53.0 Å². The van der Waals surface area contributed by atoms with Gasteiger partial charge >= 0.3 is 0 Å². The van der Waals surface area contributed by atoms with Gasteiger partial charge < -0.3 is 9.64 Å². The molecule has 1 fully saturated rings. The smallest absolute Gasteiger partial charge is 0.248 e. The number of fused-ring (bicyclic) bond motifs is 1. The summed E-state index contributed by atoms with van der Waals surface area (Å²) < 4.78 is 4.97. The van der Waals surface area contributed by atoms with E-state index in [2.05, 4.69) is 0 Å². The van der Waals surface area contributed by atoms with Gasteiger partial charge in [0.2, 0.25) is 11.8 Å². The second-order valence-corrected chi connectivity index (χ2v) is 7.69. The lowest BCUT2D eigenvalue weighted by Crippen LogP contribution is -2.36. The molecule has 1 atom stereocenters. The van der Waals surface area contributed by atoms with Crippen LogP contribution >= 0.6 is 0 Å². The zero-order valence-electron chi connectivity index (χ0n) is 16.9. The van der Waals surface area contributed by atoms with Crippen LogP contribution in [-0.2, 0) is 27.3 Å². The molecule has 29 heavy (non-hydrogen) atoms. The van der Waals surface area contributed by atoms with Gasteiger partial charge in [-0.1, -0.05) is 30.3 Å². The molecule has 2 aromatic rings. The summed E-state index contributed by atoms with van der Waals surface area (Å²) in [7, 11) is 1.53. The predicted molar refractivity (Wildman–Crippen MR) is 109 cm³/mol. The van der Waals surface area contributed by atoms with Crippen LogP contribution in [0.25, 0.3) is 0 Å². The summed E-state index contributed by atoms with van der Waals surface area (Å²) in [6, 6.07) is 9.97. The number of likely N-dealkylation sites (tertiary alicyclic amines) is 1. The number of carbonyl (C=O) groups is 2. The summed E-state index contributed by atoms with van der Waals surface area (Å²) >= 11 is 0. The Morgan fingerprint density at radius 3 is 2.76 bits per heavy atom. The van der Waals surface area contributed by atoms with Crippen molar-refractivity contribution in [2.45, 2.75) is 38.6 Å². The highest BCUT2D eigenvalue weighted by atomic mass is 16.5. The van der Waals surface area contributed by atoms with E-state index in [1.807, 2.05) is 37.3 Å². The van der Waals surface area contributed by atoms with Crippen LogP contribution in [0.5, 0.6) is 0 Å². The van der Waals surface area contributed by atoms with Gasteiger partial charge in [-0.25, -0.2) is 9.97 Å². The van der Waals surface area contributed by atoms with E-state index in [1.54, 1.807) is 9.80 Å². The number of benzene rings is 1. The second-order valence-electron chi connectivity index (χ2n) is 7.69. The Morgan fingerprint density at radius 2 is 2.00 bits per heavy atom. The molecule has 2 amide bonds. The fraction of sp³-hybridized carbons (Fsp3) is 0.455. The number of rotatable bonds is 5. The molecule has 7 nitrogen and oxygen atoms in total. The molecule has 2 aliphatic heterocycles. The van der Waals surface area contributed by atoms with Gasteiger partial charge in [0, 0.05) is 43.8 Å². The zero-order valence-corrected chi connectivity index (χ0v) is 16.9. The standard InChI is InChI=1S/C22H26N4O3/c1-15-18-8-9-19(27)26(12-16-6-4-3-5-7-16)22(18)24-21(23-15)17-10-11-25(13-17)20(28)14-29-2/h3-7,17H,8-14H2,1-2H3/t17-/m1/s1. The van der Waals surface area contributed by atoms with Crippen molar-refractivity contribution in [2.24, 2.45) is 0 Å². The molecular weight excluding hydrogens is 368 g/mol. The third-order valence-corrected chi connectivity index (χ3v) is 5.71. The molecule has 0 saturated carbocycles. The Kier molecular flexibility index (Phi) is 5.58. The molecule has 4 rings (SSSR count). The molecule has 0 radical (unpaired) electrons. The molecule has 0 aliphatic carbocycles. The molecule has 7 heteroatoms. The highest BCUT2D eigenvalue weighted by Gasteiger charge is 2.33. The van der Waals surface area contributed by atoms with Crippen molar-refractivity contribution in [3.8, 4) is 0 Å². The minimum absolute atomic E-state index is 0.00874. The van der Waals surface area contributed by atoms with Crippen LogP contribution in [0.3, 0.4) is 0 Å². The molecule has 0 N–H and O–H groups in total. The van der Waals surface area contributed by atoms with E-state index in [0.717, 1.165) is 34.9 Å². The van der Waals surface area contributed by atoms with Gasteiger partial charge in [0.25, 0.3) is 0 Å². The number of amides is 2. The summed E-state index contributed by atoms with van der Waals surface area (Å²) in [5, 5.41) is 0. The number of hydrogen-bond acceptors (Lipinski definition) is 5. The average molecular weight is 394 g/mol. The van der Waals surface area contributed by atoms with Crippen LogP contribution in [0.4, 0.5) is 5.82 Å². The fourth-order valence-corrected chi connectivity index (χ4v) is 4.13. The van der Waals surface area contributed by atoms with E-state index >= 15 is 0 Å². The van der Waals surface area contributed by atoms with E-state index < -0.39 is 0 Å². The molecule has 3 heterocycles. The first-order valence-electron chi connectivity index (χ1n) is 10.0. The molecule has 152 valence electrons. The molecular formula is C22H26N4O3. The van der Waals surface area contributed by atoms with Gasteiger partial charge in [-0.3, -0.25) is 14.5 Å². The topological polar surface area (TPSA) is 75.6 Å². The number of nitrogens with zero attached hydrogens (tertiary/aromatic N) is 4. The first kappa shape index (κ1) is 19.5. The largest absolute Gasteiger partial charge is 0.375 e. The maximum Gasteiger partial charge on any atom is 0.248 e. The third kappa shape index (κ3) is 4.00. The summed E-state index contributed by atoms with van der Waals surface area (Å²) in [5.41, 5.74) is 3.05. The quantitative estimate of drug-likeness (QED) is 0.777. The summed E-state index contributed by atoms with van der Waals surface area (Å²) in [6.45, 7) is 3.86. The molecule has 1 saturated heterocycles. The average Bonchev–Trinajstić information content (AvgIpc) is 3.21. The minimum Gasteiger partial charge on any atom is -0.375 e. The number of hydrogen-bond donors (Lipinski definition) is 0. The van der Waals surface area contributed by atoms with Crippen LogP contribution < -0.4 is 4.90 Å². The van der Waals surface area contributed by atoms with Gasteiger partial charge in [-0.05, 0) is 25.3 Å². The predicted octanol–water partition coefficient (Wildman–Crippen LogP) is 2.23. The third-order valence-electron chi connectivity index (χ3n) is 5.71. The first-order valence-corrected chi connectivity index (χ1v) is 10.0. The monoisotopic (exact) mass is 394 g/mol. The molecule has 0 unspecified atom stereocenters. The first-order chi connectivity index (χ1) is 14.1. The van der Waals surface area contributed by atoms with Crippen molar-refractivity contribution in [2.75, 3.05) is 31.7 Å². The fourth-order valence-electron chi connectivity index (χ4n) is 4.13. The van der Waals surface area contributed by atoms with E-state index in [-0.39, 0.29) is 24.3 Å². The lowest BCUT2D eigenvalue weighted by Gasteiger charge is -2.30. The lowest BCUT2D eigenvalue weighted by atomic mass is 10.0. The van der Waals surface area contributed by atoms with Gasteiger partial charge in [-0.2, -0.15) is 0 Å². The normalized spacial score (nSPS) is 18.8. The SMILES string of the molecule is COCC(=O)N1CC[C@@H](c2nc(C)c3c(n2)N(Cc2ccccc2)C(=O)CC3)C1. The van der Waals surface area contributed by atoms with E-state index in [4.69, 9.17) is 14.7 Å². The van der Waals surface area contributed by atoms with Crippen LogP contribution in [0.2, 0.25) is 0 Å². The molecule has 0 spiro atoms. The summed E-state index contributed by atoms with van der Waals surface area (Å²) in [6.07, 6.45) is 1.97. The van der Waals surface area contributed by atoms with Gasteiger partial charge in [0.05, 0.1) is 6.54 Å². The van der Waals surface area contributed by atoms with Crippen LogP contribution in [-0.4, -0.2) is 53.5 Å². The maximum absolute atomic E-state index is 12.7. The molecule has 1 aromatic heterocycles. The zero-order chi connectivity index (χ0) is 20.4. The van der Waals surface area contributed by atoms with Gasteiger partial charge in [0.15, 0.2) is 0 Å². The van der Waals surface area contributed by atoms with Gasteiger partial charge in [0.1, 0.15) is 18.2 Å². The number of methoxy groups -OCH3 is 1. The van der Waals surface area contributed by atoms with Crippen molar-refractivity contribution >= 4 is 17.6 Å². The minimum atomic E-state index is -0.00874. The number of aromatic nitrogens is 2. The Morgan fingerprint density at radius 1 is 1.21 bits per heavy atom. The maximum atomic E-state index is 12.7.